The van der Waals surface area contributed by atoms with Gasteiger partial charge in [-0.3, -0.25) is 19.3 Å². The molecule has 4 rings (SSSR count). The van der Waals surface area contributed by atoms with Gasteiger partial charge >= 0.3 is 17.9 Å². The molecule has 1 saturated heterocycles. The first-order valence-corrected chi connectivity index (χ1v) is 14.0. The Hall–Kier alpha value is -4.18. The summed E-state index contributed by atoms with van der Waals surface area (Å²) < 4.78 is 15.4. The average molecular weight is 606 g/mol. The first kappa shape index (κ1) is 29.8. The topological polar surface area (TPSA) is 189 Å². The Labute approximate surface area is 242 Å². The number of nitrogens with zero attached hydrogens (tertiary/aromatic N) is 3. The predicted molar refractivity (Wildman–Crippen MR) is 147 cm³/mol. The number of nitrogens with two attached hydrogens (primary N) is 1. The van der Waals surface area contributed by atoms with E-state index in [0.717, 1.165) is 11.3 Å². The summed E-state index contributed by atoms with van der Waals surface area (Å²) in [5, 5.41) is 7.39. The van der Waals surface area contributed by atoms with E-state index in [4.69, 9.17) is 24.8 Å². The SMILES string of the molecule is CO/N=C(\C(=O)N[C@@H]1C(=O)N2C(C(=O)OCOC(=O)C(C)(C)C)=C(/C=C3\C=C(C)C(=O)O3)CS[C@@H]12)c1csc(N)n1. The van der Waals surface area contributed by atoms with Crippen molar-refractivity contribution in [3.8, 4) is 0 Å². The molecule has 0 aliphatic carbocycles. The molecule has 0 radical (unpaired) electrons. The van der Waals surface area contributed by atoms with E-state index in [1.165, 1.54) is 41.3 Å². The number of fused-ring (bicyclic) bond motifs is 1. The zero-order valence-electron chi connectivity index (χ0n) is 22.7. The van der Waals surface area contributed by atoms with Gasteiger partial charge in [0.15, 0.2) is 10.8 Å². The first-order chi connectivity index (χ1) is 19.3. The fraction of sp³-hybridized carbons (Fsp3) is 0.400. The van der Waals surface area contributed by atoms with Gasteiger partial charge in [-0.1, -0.05) is 5.16 Å². The molecule has 0 aromatic carbocycles. The highest BCUT2D eigenvalue weighted by Gasteiger charge is 2.54. The lowest BCUT2D eigenvalue weighted by Gasteiger charge is -2.49. The number of carbonyl (C=O) groups excluding carboxylic acids is 5. The summed E-state index contributed by atoms with van der Waals surface area (Å²) in [5.41, 5.74) is 5.41. The molecule has 14 nitrogen and oxygen atoms in total. The number of anilines is 1. The van der Waals surface area contributed by atoms with Crippen LogP contribution in [-0.4, -0.2) is 76.4 Å². The van der Waals surface area contributed by atoms with Gasteiger partial charge in [-0.05, 0) is 45.4 Å². The monoisotopic (exact) mass is 605 g/mol. The maximum atomic E-state index is 13.3. The van der Waals surface area contributed by atoms with Crippen molar-refractivity contribution in [1.82, 2.24) is 15.2 Å². The lowest BCUT2D eigenvalue weighted by atomic mass is 9.98. The van der Waals surface area contributed by atoms with E-state index in [0.29, 0.717) is 11.1 Å². The number of ether oxygens (including phenoxy) is 3. The molecule has 3 aliphatic rings. The molecule has 4 heterocycles. The van der Waals surface area contributed by atoms with Crippen molar-refractivity contribution < 1.29 is 43.0 Å². The molecule has 0 bridgehead atoms. The van der Waals surface area contributed by atoms with Crippen LogP contribution in [0.15, 0.2) is 45.3 Å². The zero-order valence-corrected chi connectivity index (χ0v) is 24.3. The zero-order chi connectivity index (χ0) is 30.1. The van der Waals surface area contributed by atoms with Gasteiger partial charge in [0.05, 0.1) is 5.41 Å². The minimum absolute atomic E-state index is 0.129. The van der Waals surface area contributed by atoms with Gasteiger partial charge in [-0.2, -0.15) is 0 Å². The number of hydrogen-bond acceptors (Lipinski definition) is 14. The lowest BCUT2D eigenvalue weighted by Crippen LogP contribution is -2.71. The summed E-state index contributed by atoms with van der Waals surface area (Å²) in [6.45, 7) is 5.83. The molecule has 0 spiro atoms. The number of nitrogen functional groups attached to an aromatic ring is 1. The van der Waals surface area contributed by atoms with Crippen molar-refractivity contribution in [2.75, 3.05) is 25.4 Å². The van der Waals surface area contributed by atoms with Crippen LogP contribution < -0.4 is 11.1 Å². The van der Waals surface area contributed by atoms with Crippen molar-refractivity contribution >= 4 is 63.7 Å². The van der Waals surface area contributed by atoms with Gasteiger partial charge in [0, 0.05) is 16.7 Å². The third kappa shape index (κ3) is 6.27. The molecular weight excluding hydrogens is 578 g/mol. The number of oxime groups is 1. The van der Waals surface area contributed by atoms with Crippen LogP contribution in [0.25, 0.3) is 0 Å². The van der Waals surface area contributed by atoms with Gasteiger partial charge in [-0.15, -0.1) is 23.1 Å². The van der Waals surface area contributed by atoms with Crippen LogP contribution in [0.5, 0.6) is 0 Å². The standard InChI is InChI=1S/C25H27N5O9S2/c1-11-6-13(39-21(11)33)7-12-8-40-20-16(28-18(31)15(29-36-5)14-9-41-24(26)27-14)19(32)30(20)17(12)22(34)37-10-38-23(35)25(2,3)4/h6-7,9,16,20H,8,10H2,1-5H3,(H2,26,27)(H,28,31)/b13-7+,29-15-/t16-,20+/m1/s1. The molecule has 0 unspecified atom stereocenters. The molecule has 218 valence electrons. The largest absolute Gasteiger partial charge is 0.427 e. The van der Waals surface area contributed by atoms with E-state index in [9.17, 15) is 24.0 Å². The van der Waals surface area contributed by atoms with E-state index in [1.54, 1.807) is 27.7 Å². The van der Waals surface area contributed by atoms with Crippen LogP contribution in [0, 0.1) is 5.41 Å². The Kier molecular flexibility index (Phi) is 8.53. The van der Waals surface area contributed by atoms with Gasteiger partial charge in [0.1, 0.15) is 35.7 Å². The molecule has 1 aromatic rings. The number of rotatable bonds is 8. The molecular formula is C25H27N5O9S2. The van der Waals surface area contributed by atoms with Gasteiger partial charge in [-0.25, -0.2) is 14.6 Å². The Morgan fingerprint density at radius 3 is 2.61 bits per heavy atom. The number of thiazole rings is 1. The fourth-order valence-corrected chi connectivity index (χ4v) is 5.65. The van der Waals surface area contributed by atoms with Gasteiger partial charge in [0.25, 0.3) is 11.8 Å². The number of hydrogen-bond donors (Lipinski definition) is 2. The summed E-state index contributed by atoms with van der Waals surface area (Å²) in [4.78, 5) is 73.5. The van der Waals surface area contributed by atoms with E-state index in [1.807, 2.05) is 0 Å². The van der Waals surface area contributed by atoms with Crippen molar-refractivity contribution in [2.24, 2.45) is 10.6 Å². The molecule has 2 atom stereocenters. The summed E-state index contributed by atoms with van der Waals surface area (Å²) in [5.74, 6) is -3.01. The van der Waals surface area contributed by atoms with Crippen molar-refractivity contribution in [3.63, 3.8) is 0 Å². The number of carbonyl (C=O) groups is 5. The molecule has 16 heteroatoms. The highest BCUT2D eigenvalue weighted by atomic mass is 32.2. The van der Waals surface area contributed by atoms with E-state index in [-0.39, 0.29) is 33.7 Å². The van der Waals surface area contributed by atoms with Crippen LogP contribution in [0.2, 0.25) is 0 Å². The number of cyclic esters (lactones) is 1. The Morgan fingerprint density at radius 1 is 1.29 bits per heavy atom. The van der Waals surface area contributed by atoms with E-state index >= 15 is 0 Å². The molecule has 1 fully saturated rings. The molecule has 3 N–H and O–H groups in total. The smallest absolute Gasteiger partial charge is 0.358 e. The highest BCUT2D eigenvalue weighted by Crippen LogP contribution is 2.41. The highest BCUT2D eigenvalue weighted by molar-refractivity contribution is 8.00. The summed E-state index contributed by atoms with van der Waals surface area (Å²) in [7, 11) is 1.26. The van der Waals surface area contributed by atoms with E-state index < -0.39 is 53.3 Å². The second-order valence-corrected chi connectivity index (χ2v) is 11.9. The van der Waals surface area contributed by atoms with Crippen molar-refractivity contribution in [1.29, 1.82) is 0 Å². The van der Waals surface area contributed by atoms with Crippen molar-refractivity contribution in [2.45, 2.75) is 39.1 Å². The van der Waals surface area contributed by atoms with Crippen LogP contribution >= 0.6 is 23.1 Å². The Balaban J connectivity index is 1.57. The van der Waals surface area contributed by atoms with Crippen molar-refractivity contribution in [3.05, 3.63) is 45.8 Å². The van der Waals surface area contributed by atoms with Gasteiger partial charge in [0.2, 0.25) is 6.79 Å². The number of esters is 3. The van der Waals surface area contributed by atoms with Crippen LogP contribution in [0.4, 0.5) is 5.13 Å². The Bertz CT molecular complexity index is 1440. The molecule has 41 heavy (non-hydrogen) atoms. The average Bonchev–Trinajstić information content (AvgIpc) is 3.48. The number of amides is 2. The van der Waals surface area contributed by atoms with Gasteiger partial charge < -0.3 is 30.1 Å². The molecule has 0 saturated carbocycles. The maximum absolute atomic E-state index is 13.3. The molecule has 3 aliphatic heterocycles. The Morgan fingerprint density at radius 2 is 2.02 bits per heavy atom. The second-order valence-electron chi connectivity index (χ2n) is 9.92. The van der Waals surface area contributed by atoms with Crippen LogP contribution in [0.1, 0.15) is 33.4 Å². The third-order valence-corrected chi connectivity index (χ3v) is 7.82. The minimum atomic E-state index is -1.02. The second kappa shape index (κ2) is 11.7. The molecule has 1 aromatic heterocycles. The maximum Gasteiger partial charge on any atom is 0.358 e. The minimum Gasteiger partial charge on any atom is -0.427 e. The molecule has 2 amide bonds. The summed E-state index contributed by atoms with van der Waals surface area (Å²) in [6.07, 6.45) is 2.97. The normalized spacial score (nSPS) is 21.6. The quantitative estimate of drug-likeness (QED) is 0.142. The number of β-lactam (4-membered cyclic amide) rings is 1. The number of nitrogens with one attached hydrogen (secondary N) is 1. The predicted octanol–water partition coefficient (Wildman–Crippen LogP) is 1.21. The summed E-state index contributed by atoms with van der Waals surface area (Å²) >= 11 is 2.37. The first-order valence-electron chi connectivity index (χ1n) is 12.1. The van der Waals surface area contributed by atoms with Crippen LogP contribution in [-0.2, 0) is 43.0 Å². The fourth-order valence-electron chi connectivity index (χ4n) is 3.80. The lowest BCUT2D eigenvalue weighted by molar-refractivity contribution is -0.173. The number of allylic oxidation sites excluding steroid dienone is 2. The van der Waals surface area contributed by atoms with E-state index in [2.05, 4.69) is 15.5 Å². The van der Waals surface area contributed by atoms with Crippen LogP contribution in [0.3, 0.4) is 0 Å². The summed E-state index contributed by atoms with van der Waals surface area (Å²) in [6, 6.07) is -1.02. The third-order valence-electron chi connectivity index (χ3n) is 5.84. The number of aromatic nitrogens is 1. The number of thioether (sulfide) groups is 1.